The van der Waals surface area contributed by atoms with E-state index in [1.54, 1.807) is 73.7 Å². The minimum Gasteiger partial charge on any atom is -0.462 e. The quantitative estimate of drug-likeness (QED) is 0.114. The number of hydrogen-bond donors (Lipinski definition) is 0. The van der Waals surface area contributed by atoms with Crippen LogP contribution in [0, 0.1) is 10.1 Å². The number of halogens is 1. The number of rotatable bonds is 7. The van der Waals surface area contributed by atoms with Gasteiger partial charge in [0.25, 0.3) is 11.6 Å². The Bertz CT molecular complexity index is 1640. The Hall–Kier alpha value is -5.02. The molecule has 4 aromatic rings. The van der Waals surface area contributed by atoms with Crippen molar-refractivity contribution in [1.82, 2.24) is 0 Å². The predicted octanol–water partition coefficient (Wildman–Crippen LogP) is 6.52. The molecular weight excluding hydrogens is 522 g/mol. The minimum atomic E-state index is -0.593. The van der Waals surface area contributed by atoms with Crippen molar-refractivity contribution in [3.63, 3.8) is 0 Å². The lowest BCUT2D eigenvalue weighted by Gasteiger charge is -2.12. The van der Waals surface area contributed by atoms with Gasteiger partial charge in [-0.05, 0) is 49.4 Å². The van der Waals surface area contributed by atoms with Gasteiger partial charge in [-0.3, -0.25) is 14.9 Å². The Labute approximate surface area is 227 Å². The summed E-state index contributed by atoms with van der Waals surface area (Å²) in [6, 6.07) is 23.1. The average Bonchev–Trinajstić information content (AvgIpc) is 3.54. The highest BCUT2D eigenvalue weighted by atomic mass is 35.5. The zero-order valence-electron chi connectivity index (χ0n) is 20.5. The van der Waals surface area contributed by atoms with Crippen LogP contribution in [0.2, 0.25) is 5.02 Å². The summed E-state index contributed by atoms with van der Waals surface area (Å²) in [4.78, 5) is 36.6. The first-order valence-corrected chi connectivity index (χ1v) is 12.3. The summed E-state index contributed by atoms with van der Waals surface area (Å²) < 4.78 is 11.0. The molecule has 2 heterocycles. The second kappa shape index (κ2) is 10.8. The molecule has 0 spiro atoms. The SMILES string of the molecule is CCOC(=O)c1ccc(-c2ccc(C=C3C(=O)N(c4cc(Cl)ccc4[N+](=O)[O-])N=C3c3ccccc3)o2)cc1. The normalized spacial score (nSPS) is 14.0. The third-order valence-corrected chi connectivity index (χ3v) is 6.12. The lowest BCUT2D eigenvalue weighted by molar-refractivity contribution is -0.384. The maximum absolute atomic E-state index is 13.6. The molecule has 0 aliphatic carbocycles. The number of hydrogen-bond acceptors (Lipinski definition) is 7. The van der Waals surface area contributed by atoms with Gasteiger partial charge in [0.15, 0.2) is 0 Å². The monoisotopic (exact) mass is 541 g/mol. The molecule has 1 aromatic heterocycles. The highest BCUT2D eigenvalue weighted by Crippen LogP contribution is 2.36. The van der Waals surface area contributed by atoms with Crippen LogP contribution in [0.3, 0.4) is 0 Å². The number of carbonyl (C=O) groups excluding carboxylic acids is 2. The number of nitrogens with zero attached hydrogens (tertiary/aromatic N) is 3. The van der Waals surface area contributed by atoms with E-state index in [4.69, 9.17) is 20.8 Å². The molecule has 0 radical (unpaired) electrons. The lowest BCUT2D eigenvalue weighted by Crippen LogP contribution is -2.22. The van der Waals surface area contributed by atoms with Crippen LogP contribution in [-0.2, 0) is 9.53 Å². The minimum absolute atomic E-state index is 0.0452. The first-order valence-electron chi connectivity index (χ1n) is 11.9. The molecule has 0 N–H and O–H groups in total. The van der Waals surface area contributed by atoms with E-state index >= 15 is 0 Å². The Kier molecular flexibility index (Phi) is 7.07. The molecule has 194 valence electrons. The molecule has 0 fully saturated rings. The summed E-state index contributed by atoms with van der Waals surface area (Å²) in [5, 5.41) is 17.3. The van der Waals surface area contributed by atoms with E-state index in [1.807, 2.05) is 6.07 Å². The summed E-state index contributed by atoms with van der Waals surface area (Å²) >= 11 is 6.11. The van der Waals surface area contributed by atoms with Gasteiger partial charge in [0.1, 0.15) is 22.9 Å². The topological polar surface area (TPSA) is 115 Å². The number of anilines is 1. The van der Waals surface area contributed by atoms with Crippen LogP contribution in [0.5, 0.6) is 0 Å². The molecule has 0 saturated carbocycles. The fourth-order valence-electron chi connectivity index (χ4n) is 4.05. The number of amides is 1. The maximum atomic E-state index is 13.6. The maximum Gasteiger partial charge on any atom is 0.338 e. The van der Waals surface area contributed by atoms with Crippen molar-refractivity contribution in [3.8, 4) is 11.3 Å². The second-order valence-corrected chi connectivity index (χ2v) is 8.82. The molecule has 0 unspecified atom stereocenters. The highest BCUT2D eigenvalue weighted by molar-refractivity contribution is 6.38. The molecule has 9 nitrogen and oxygen atoms in total. The smallest absolute Gasteiger partial charge is 0.338 e. The number of hydrazone groups is 1. The third kappa shape index (κ3) is 5.21. The molecule has 0 saturated heterocycles. The van der Waals surface area contributed by atoms with Crippen LogP contribution < -0.4 is 5.01 Å². The molecule has 39 heavy (non-hydrogen) atoms. The van der Waals surface area contributed by atoms with Crippen LogP contribution in [0.15, 0.2) is 100 Å². The first kappa shape index (κ1) is 25.6. The van der Waals surface area contributed by atoms with Gasteiger partial charge >= 0.3 is 5.97 Å². The van der Waals surface area contributed by atoms with E-state index in [0.717, 1.165) is 10.6 Å². The largest absolute Gasteiger partial charge is 0.462 e. The van der Waals surface area contributed by atoms with E-state index in [9.17, 15) is 19.7 Å². The number of furan rings is 1. The van der Waals surface area contributed by atoms with Crippen LogP contribution in [0.1, 0.15) is 28.6 Å². The molecule has 10 heteroatoms. The van der Waals surface area contributed by atoms with E-state index in [0.29, 0.717) is 28.4 Å². The van der Waals surface area contributed by atoms with Crippen molar-refractivity contribution in [1.29, 1.82) is 0 Å². The fourth-order valence-corrected chi connectivity index (χ4v) is 4.22. The van der Waals surface area contributed by atoms with Crippen molar-refractivity contribution in [2.45, 2.75) is 6.92 Å². The second-order valence-electron chi connectivity index (χ2n) is 8.38. The summed E-state index contributed by atoms with van der Waals surface area (Å²) in [6.45, 7) is 2.02. The predicted molar refractivity (Wildman–Crippen MR) is 147 cm³/mol. The van der Waals surface area contributed by atoms with Crippen molar-refractivity contribution in [2.24, 2.45) is 5.10 Å². The van der Waals surface area contributed by atoms with E-state index in [-0.39, 0.29) is 28.6 Å². The number of nitro benzene ring substituents is 1. The molecule has 5 rings (SSSR count). The van der Waals surface area contributed by atoms with E-state index in [2.05, 4.69) is 5.10 Å². The van der Waals surface area contributed by atoms with Crippen LogP contribution >= 0.6 is 11.6 Å². The molecule has 1 aliphatic heterocycles. The molecule has 3 aromatic carbocycles. The Morgan fingerprint density at radius 2 is 1.79 bits per heavy atom. The fraction of sp³-hybridized carbons (Fsp3) is 0.0690. The van der Waals surface area contributed by atoms with Crippen LogP contribution in [0.4, 0.5) is 11.4 Å². The van der Waals surface area contributed by atoms with Gasteiger partial charge in [0.2, 0.25) is 0 Å². The van der Waals surface area contributed by atoms with Gasteiger partial charge in [0.05, 0.1) is 22.7 Å². The number of carbonyl (C=O) groups is 2. The summed E-state index contributed by atoms with van der Waals surface area (Å²) in [5.41, 5.74) is 1.95. The lowest BCUT2D eigenvalue weighted by atomic mass is 10.0. The van der Waals surface area contributed by atoms with Crippen molar-refractivity contribution in [3.05, 3.63) is 123 Å². The molecular formula is C29H20ClN3O6. The summed E-state index contributed by atoms with van der Waals surface area (Å²) in [6.07, 6.45) is 1.54. The molecule has 0 atom stereocenters. The zero-order chi connectivity index (χ0) is 27.5. The summed E-state index contributed by atoms with van der Waals surface area (Å²) in [5.74, 6) is -0.0982. The molecule has 0 bridgehead atoms. The van der Waals surface area contributed by atoms with Gasteiger partial charge in [-0.25, -0.2) is 4.79 Å². The van der Waals surface area contributed by atoms with E-state index < -0.39 is 16.8 Å². The van der Waals surface area contributed by atoms with Crippen LogP contribution in [-0.4, -0.2) is 29.1 Å². The van der Waals surface area contributed by atoms with Crippen molar-refractivity contribution >= 4 is 46.6 Å². The average molecular weight is 542 g/mol. The van der Waals surface area contributed by atoms with Gasteiger partial charge in [0, 0.05) is 22.2 Å². The zero-order valence-corrected chi connectivity index (χ0v) is 21.3. The van der Waals surface area contributed by atoms with Gasteiger partial charge in [-0.1, -0.05) is 54.1 Å². The first-order chi connectivity index (χ1) is 18.9. The van der Waals surface area contributed by atoms with Crippen LogP contribution in [0.25, 0.3) is 17.4 Å². The molecule has 1 amide bonds. The van der Waals surface area contributed by atoms with Crippen molar-refractivity contribution in [2.75, 3.05) is 11.6 Å². The Balaban J connectivity index is 1.52. The van der Waals surface area contributed by atoms with Gasteiger partial charge < -0.3 is 9.15 Å². The van der Waals surface area contributed by atoms with Gasteiger partial charge in [-0.15, -0.1) is 0 Å². The third-order valence-electron chi connectivity index (χ3n) is 5.88. The Morgan fingerprint density at radius 1 is 1.05 bits per heavy atom. The Morgan fingerprint density at radius 3 is 2.49 bits per heavy atom. The number of ether oxygens (including phenoxy) is 1. The van der Waals surface area contributed by atoms with Crippen molar-refractivity contribution < 1.29 is 23.7 Å². The standard InChI is InChI=1S/C29H20ClN3O6/c1-2-38-29(35)20-10-8-18(9-11-20)26-15-13-22(39-26)17-23-27(19-6-4-3-5-7-19)31-32(28(23)34)25-16-21(30)12-14-24(25)33(36)37/h3-17H,2H2,1H3. The number of esters is 1. The van der Waals surface area contributed by atoms with E-state index in [1.165, 1.54) is 18.2 Å². The number of nitro groups is 1. The number of benzene rings is 3. The highest BCUT2D eigenvalue weighted by Gasteiger charge is 2.36. The van der Waals surface area contributed by atoms with Gasteiger partial charge in [-0.2, -0.15) is 10.1 Å². The molecule has 1 aliphatic rings. The summed E-state index contributed by atoms with van der Waals surface area (Å²) in [7, 11) is 0.